The van der Waals surface area contributed by atoms with Gasteiger partial charge in [-0.2, -0.15) is 0 Å². The highest BCUT2D eigenvalue weighted by Crippen LogP contribution is 2.48. The van der Waals surface area contributed by atoms with E-state index in [2.05, 4.69) is 126 Å². The van der Waals surface area contributed by atoms with Crippen LogP contribution in [-0.4, -0.2) is 7.11 Å². The van der Waals surface area contributed by atoms with E-state index in [9.17, 15) is 0 Å². The quantitative estimate of drug-likeness (QED) is 0.217. The van der Waals surface area contributed by atoms with Crippen molar-refractivity contribution < 1.29 is 9.15 Å². The van der Waals surface area contributed by atoms with Crippen LogP contribution >= 0.6 is 0 Å². The second-order valence-corrected chi connectivity index (χ2v) is 10.5. The summed E-state index contributed by atoms with van der Waals surface area (Å²) in [7, 11) is 1.70. The fourth-order valence-corrected chi connectivity index (χ4v) is 6.18. The molecular weight excluding hydrogens is 514 g/mol. The third-order valence-corrected chi connectivity index (χ3v) is 8.14. The third-order valence-electron chi connectivity index (χ3n) is 8.14. The summed E-state index contributed by atoms with van der Waals surface area (Å²) in [5.74, 6) is 0.818. The first kappa shape index (κ1) is 24.3. The number of anilines is 3. The number of rotatable bonds is 5. The van der Waals surface area contributed by atoms with Crippen molar-refractivity contribution in [3.8, 4) is 16.9 Å². The average molecular weight is 542 g/mol. The molecule has 0 unspecified atom stereocenters. The Morgan fingerprint density at radius 1 is 0.524 bits per heavy atom. The lowest BCUT2D eigenvalue weighted by molar-refractivity contribution is 0.415. The molecule has 0 N–H and O–H groups in total. The van der Waals surface area contributed by atoms with E-state index in [4.69, 9.17) is 9.15 Å². The molecule has 1 heterocycles. The first-order valence-electron chi connectivity index (χ1n) is 14.1. The summed E-state index contributed by atoms with van der Waals surface area (Å²) >= 11 is 0. The molecule has 0 spiro atoms. The van der Waals surface area contributed by atoms with Gasteiger partial charge in [-0.15, -0.1) is 0 Å². The maximum Gasteiger partial charge on any atom is 0.137 e. The van der Waals surface area contributed by atoms with Gasteiger partial charge in [-0.3, -0.25) is 0 Å². The molecule has 0 aliphatic carbocycles. The molecule has 8 aromatic rings. The second kappa shape index (κ2) is 9.83. The minimum absolute atomic E-state index is 0.818. The Hall–Kier alpha value is -5.54. The lowest BCUT2D eigenvalue weighted by Gasteiger charge is -2.29. The summed E-state index contributed by atoms with van der Waals surface area (Å²) < 4.78 is 11.9. The number of para-hydroxylation sites is 1. The van der Waals surface area contributed by atoms with Crippen molar-refractivity contribution in [3.63, 3.8) is 0 Å². The van der Waals surface area contributed by atoms with E-state index >= 15 is 0 Å². The molecule has 3 heteroatoms. The maximum atomic E-state index is 6.34. The summed E-state index contributed by atoms with van der Waals surface area (Å²) in [6, 6.07) is 51.3. The molecule has 0 bridgehead atoms. The molecule has 0 fully saturated rings. The monoisotopic (exact) mass is 541 g/mol. The molecule has 0 amide bonds. The largest absolute Gasteiger partial charge is 0.497 e. The van der Waals surface area contributed by atoms with Gasteiger partial charge in [0.2, 0.25) is 0 Å². The molecule has 0 radical (unpaired) electrons. The minimum Gasteiger partial charge on any atom is -0.497 e. The van der Waals surface area contributed by atoms with Crippen LogP contribution in [0.4, 0.5) is 17.1 Å². The molecule has 200 valence electrons. The van der Waals surface area contributed by atoms with E-state index < -0.39 is 0 Å². The van der Waals surface area contributed by atoms with Gasteiger partial charge in [0.15, 0.2) is 0 Å². The van der Waals surface area contributed by atoms with Crippen LogP contribution in [0.5, 0.6) is 5.75 Å². The van der Waals surface area contributed by atoms with E-state index in [-0.39, 0.29) is 0 Å². The second-order valence-electron chi connectivity index (χ2n) is 10.5. The highest BCUT2D eigenvalue weighted by Gasteiger charge is 2.23. The van der Waals surface area contributed by atoms with Crippen LogP contribution in [0, 0.1) is 0 Å². The third kappa shape index (κ3) is 3.90. The Morgan fingerprint density at radius 2 is 1.21 bits per heavy atom. The predicted molar refractivity (Wildman–Crippen MR) is 175 cm³/mol. The smallest absolute Gasteiger partial charge is 0.137 e. The number of furan rings is 1. The van der Waals surface area contributed by atoms with Crippen molar-refractivity contribution in [2.75, 3.05) is 12.0 Å². The zero-order chi connectivity index (χ0) is 28.0. The number of ether oxygens (including phenoxy) is 1. The predicted octanol–water partition coefficient (Wildman–Crippen LogP) is 11.0. The molecule has 7 aromatic carbocycles. The Bertz CT molecular complexity index is 2240. The van der Waals surface area contributed by atoms with E-state index in [0.717, 1.165) is 44.8 Å². The van der Waals surface area contributed by atoms with Crippen molar-refractivity contribution in [3.05, 3.63) is 146 Å². The van der Waals surface area contributed by atoms with Gasteiger partial charge in [-0.25, -0.2) is 0 Å². The lowest BCUT2D eigenvalue weighted by Crippen LogP contribution is -2.12. The molecule has 42 heavy (non-hydrogen) atoms. The fraction of sp³-hybridized carbons (Fsp3) is 0.0256. The Morgan fingerprint density at radius 3 is 2.05 bits per heavy atom. The van der Waals surface area contributed by atoms with Gasteiger partial charge in [-0.1, -0.05) is 91.0 Å². The Kier molecular flexibility index (Phi) is 5.68. The van der Waals surface area contributed by atoms with Gasteiger partial charge in [0.1, 0.15) is 16.9 Å². The Balaban J connectivity index is 1.48. The fourth-order valence-electron chi connectivity index (χ4n) is 6.18. The number of hydrogen-bond donors (Lipinski definition) is 0. The van der Waals surface area contributed by atoms with Crippen LogP contribution in [0.25, 0.3) is 54.6 Å². The summed E-state index contributed by atoms with van der Waals surface area (Å²) in [4.78, 5) is 2.36. The van der Waals surface area contributed by atoms with Crippen molar-refractivity contribution in [1.29, 1.82) is 0 Å². The van der Waals surface area contributed by atoms with Crippen molar-refractivity contribution in [2.24, 2.45) is 0 Å². The lowest BCUT2D eigenvalue weighted by atomic mass is 9.93. The van der Waals surface area contributed by atoms with Crippen LogP contribution in [0.2, 0.25) is 0 Å². The van der Waals surface area contributed by atoms with Crippen molar-refractivity contribution in [1.82, 2.24) is 0 Å². The van der Waals surface area contributed by atoms with E-state index in [0.29, 0.717) is 0 Å². The summed E-state index contributed by atoms with van der Waals surface area (Å²) in [5, 5.41) is 7.02. The van der Waals surface area contributed by atoms with Crippen LogP contribution < -0.4 is 9.64 Å². The van der Waals surface area contributed by atoms with Gasteiger partial charge < -0.3 is 14.1 Å². The van der Waals surface area contributed by atoms with Crippen LogP contribution in [0.15, 0.2) is 150 Å². The standard InChI is InChI=1S/C39H27NO2/c1-41-31-22-20-30(21-23-31)40(34-14-8-16-37-39(34)33-13-6-7-15-36(33)42-37)35-24-19-27-10-4-5-12-32(27)38(35)29-18-17-26-9-2-3-11-28(26)25-29/h2-25H,1H3. The van der Waals surface area contributed by atoms with E-state index in [1.807, 2.05) is 24.3 Å². The number of benzene rings is 7. The molecular formula is C39H27NO2. The highest BCUT2D eigenvalue weighted by molar-refractivity contribution is 6.15. The summed E-state index contributed by atoms with van der Waals surface area (Å²) in [6.45, 7) is 0. The van der Waals surface area contributed by atoms with Gasteiger partial charge in [0.25, 0.3) is 0 Å². The number of fused-ring (bicyclic) bond motifs is 5. The first-order valence-corrected chi connectivity index (χ1v) is 14.1. The minimum atomic E-state index is 0.818. The van der Waals surface area contributed by atoms with Crippen LogP contribution in [0.3, 0.4) is 0 Å². The van der Waals surface area contributed by atoms with Gasteiger partial charge in [0.05, 0.1) is 23.9 Å². The van der Waals surface area contributed by atoms with Crippen LogP contribution in [-0.2, 0) is 0 Å². The summed E-state index contributed by atoms with van der Waals surface area (Å²) in [5.41, 5.74) is 7.27. The average Bonchev–Trinajstić information content (AvgIpc) is 3.44. The molecule has 1 aromatic heterocycles. The summed E-state index contributed by atoms with van der Waals surface area (Å²) in [6.07, 6.45) is 0. The Labute approximate surface area is 243 Å². The molecule has 0 aliphatic rings. The zero-order valence-corrected chi connectivity index (χ0v) is 23.1. The number of nitrogens with zero attached hydrogens (tertiary/aromatic N) is 1. The first-order chi connectivity index (χ1) is 20.8. The van der Waals surface area contributed by atoms with Gasteiger partial charge in [-0.05, 0) is 81.7 Å². The van der Waals surface area contributed by atoms with Crippen molar-refractivity contribution in [2.45, 2.75) is 0 Å². The van der Waals surface area contributed by atoms with Gasteiger partial charge >= 0.3 is 0 Å². The van der Waals surface area contributed by atoms with E-state index in [1.54, 1.807) is 7.11 Å². The molecule has 3 nitrogen and oxygen atoms in total. The highest BCUT2D eigenvalue weighted by atomic mass is 16.5. The number of methoxy groups -OCH3 is 1. The molecule has 0 saturated carbocycles. The zero-order valence-electron chi connectivity index (χ0n) is 23.1. The van der Waals surface area contributed by atoms with Crippen molar-refractivity contribution >= 4 is 60.5 Å². The molecule has 0 atom stereocenters. The molecule has 8 rings (SSSR count). The van der Waals surface area contributed by atoms with Crippen LogP contribution in [0.1, 0.15) is 0 Å². The molecule has 0 saturated heterocycles. The van der Waals surface area contributed by atoms with E-state index in [1.165, 1.54) is 32.7 Å². The maximum absolute atomic E-state index is 6.34. The SMILES string of the molecule is COc1ccc(N(c2ccc3ccccc3c2-c2ccc3ccccc3c2)c2cccc3oc4ccccc4c23)cc1. The molecule has 0 aliphatic heterocycles. The normalized spacial score (nSPS) is 11.5. The number of hydrogen-bond acceptors (Lipinski definition) is 3. The topological polar surface area (TPSA) is 25.6 Å². The van der Waals surface area contributed by atoms with Gasteiger partial charge in [0, 0.05) is 16.6 Å².